The van der Waals surface area contributed by atoms with E-state index in [2.05, 4.69) is 0 Å². The molecular formula is C46H28O. The van der Waals surface area contributed by atoms with E-state index in [9.17, 15) is 13.7 Å². The number of hydrogen-bond acceptors (Lipinski definition) is 1. The maximum atomic E-state index is 9.86. The quantitative estimate of drug-likeness (QED) is 0.178. The van der Waals surface area contributed by atoms with E-state index in [0.29, 0.717) is 0 Å². The van der Waals surface area contributed by atoms with Gasteiger partial charge in [0, 0.05) is 10.8 Å². The molecule has 1 heterocycles. The van der Waals surface area contributed by atoms with Gasteiger partial charge in [-0.15, -0.1) is 0 Å². The highest BCUT2D eigenvalue weighted by Gasteiger charge is 2.20. The van der Waals surface area contributed by atoms with E-state index in [1.54, 1.807) is 0 Å². The number of rotatable bonds is 3. The van der Waals surface area contributed by atoms with Gasteiger partial charge in [0.15, 0.2) is 0 Å². The minimum atomic E-state index is -1.11. The highest BCUT2D eigenvalue weighted by molar-refractivity contribution is 6.25. The molecule has 0 fully saturated rings. The zero-order chi connectivity index (χ0) is 55.3. The molecule has 0 aliphatic heterocycles. The Morgan fingerprint density at radius 1 is 0.340 bits per heavy atom. The zero-order valence-electron chi connectivity index (χ0n) is 51.4. The van der Waals surface area contributed by atoms with Crippen LogP contribution in [0.3, 0.4) is 0 Å². The fourth-order valence-electron chi connectivity index (χ4n) is 5.89. The molecule has 0 spiro atoms. The van der Waals surface area contributed by atoms with Crippen molar-refractivity contribution >= 4 is 65.0 Å². The Hall–Kier alpha value is -6.18. The summed E-state index contributed by atoms with van der Waals surface area (Å²) in [6.07, 6.45) is 0. The van der Waals surface area contributed by atoms with E-state index < -0.39 is 268 Å². The van der Waals surface area contributed by atoms with Crippen molar-refractivity contribution in [3.05, 3.63) is 169 Å². The fourth-order valence-corrected chi connectivity index (χ4v) is 5.89. The normalized spacial score (nSPS) is 20.2. The fraction of sp³-hybridized carbons (Fsp3) is 0. The van der Waals surface area contributed by atoms with Gasteiger partial charge in [-0.3, -0.25) is 0 Å². The number of hydrogen-bond donors (Lipinski definition) is 0. The van der Waals surface area contributed by atoms with Crippen LogP contribution in [0.2, 0.25) is 0 Å². The topological polar surface area (TPSA) is 13.1 Å². The van der Waals surface area contributed by atoms with Gasteiger partial charge in [0.25, 0.3) is 0 Å². The van der Waals surface area contributed by atoms with Crippen LogP contribution in [0.5, 0.6) is 0 Å². The summed E-state index contributed by atoms with van der Waals surface area (Å²) < 4.78 is 259. The molecule has 0 aliphatic rings. The van der Waals surface area contributed by atoms with Gasteiger partial charge in [-0.25, -0.2) is 0 Å². The van der Waals surface area contributed by atoms with Gasteiger partial charge < -0.3 is 4.42 Å². The van der Waals surface area contributed by atoms with Gasteiger partial charge in [-0.1, -0.05) is 151 Å². The van der Waals surface area contributed by atoms with Crippen molar-refractivity contribution in [2.45, 2.75) is 0 Å². The Morgan fingerprint density at radius 2 is 0.830 bits per heavy atom. The summed E-state index contributed by atoms with van der Waals surface area (Å²) >= 11 is 0. The third-order valence-corrected chi connectivity index (χ3v) is 7.82. The molecule has 0 N–H and O–H groups in total. The van der Waals surface area contributed by atoms with Gasteiger partial charge in [0.1, 0.15) is 11.2 Å². The molecule has 10 rings (SSSR count). The lowest BCUT2D eigenvalue weighted by molar-refractivity contribution is 0.669. The van der Waals surface area contributed by atoms with Crippen LogP contribution in [0.15, 0.2) is 174 Å². The molecular weight excluding hydrogens is 569 g/mol. The van der Waals surface area contributed by atoms with Crippen molar-refractivity contribution in [2.75, 3.05) is 0 Å². The van der Waals surface area contributed by atoms with E-state index >= 15 is 0 Å². The predicted molar refractivity (Wildman–Crippen MR) is 200 cm³/mol. The molecule has 0 atom stereocenters. The lowest BCUT2D eigenvalue weighted by Crippen LogP contribution is -1.93. The molecule has 0 radical (unpaired) electrons. The van der Waals surface area contributed by atoms with Crippen LogP contribution in [0.1, 0.15) is 38.4 Å². The van der Waals surface area contributed by atoms with Crippen molar-refractivity contribution in [3.63, 3.8) is 0 Å². The lowest BCUT2D eigenvalue weighted by Gasteiger charge is -2.20. The van der Waals surface area contributed by atoms with Crippen molar-refractivity contribution in [1.29, 1.82) is 0 Å². The summed E-state index contributed by atoms with van der Waals surface area (Å²) in [6, 6.07) is -26.6. The number of benzene rings is 9. The molecule has 1 heteroatoms. The maximum Gasteiger partial charge on any atom is 0.136 e. The van der Waals surface area contributed by atoms with Gasteiger partial charge in [0.05, 0.1) is 38.4 Å². The van der Waals surface area contributed by atoms with Crippen LogP contribution >= 0.6 is 0 Å². The second kappa shape index (κ2) is 10.2. The van der Waals surface area contributed by atoms with Crippen LogP contribution < -0.4 is 0 Å². The van der Waals surface area contributed by atoms with Crippen molar-refractivity contribution in [2.24, 2.45) is 0 Å². The second-order valence-electron chi connectivity index (χ2n) is 10.3. The molecule has 0 aliphatic carbocycles. The van der Waals surface area contributed by atoms with Crippen LogP contribution in [-0.2, 0) is 0 Å². The van der Waals surface area contributed by atoms with Crippen molar-refractivity contribution in [1.82, 2.24) is 0 Å². The predicted octanol–water partition coefficient (Wildman–Crippen LogP) is 13.2. The monoisotopic (exact) mass is 624 g/mol. The van der Waals surface area contributed by atoms with Crippen LogP contribution in [0, 0.1) is 0 Å². The Kier molecular flexibility index (Phi) is 2.31. The molecule has 218 valence electrons. The van der Waals surface area contributed by atoms with E-state index in [0.717, 1.165) is 0 Å². The number of fused-ring (bicyclic) bond motifs is 8. The third kappa shape index (κ3) is 3.90. The summed E-state index contributed by atoms with van der Waals surface area (Å²) in [7, 11) is 0. The minimum Gasteiger partial charge on any atom is -0.456 e. The molecule has 0 bridgehead atoms. The smallest absolute Gasteiger partial charge is 0.136 e. The van der Waals surface area contributed by atoms with Gasteiger partial charge in [-0.2, -0.15) is 0 Å². The first-order chi connectivity index (χ1) is 35.0. The molecule has 0 unspecified atom stereocenters. The first-order valence-electron chi connectivity index (χ1n) is 27.9. The molecule has 0 amide bonds. The zero-order valence-corrected chi connectivity index (χ0v) is 23.4. The van der Waals surface area contributed by atoms with Gasteiger partial charge in [0.2, 0.25) is 0 Å². The Bertz CT molecular complexity index is 4350. The number of furan rings is 1. The second-order valence-corrected chi connectivity index (χ2v) is 10.3. The summed E-state index contributed by atoms with van der Waals surface area (Å²) in [6.45, 7) is 0. The lowest BCUT2D eigenvalue weighted by atomic mass is 9.83. The summed E-state index contributed by atoms with van der Waals surface area (Å²) in [4.78, 5) is 0. The van der Waals surface area contributed by atoms with Crippen LogP contribution in [0.4, 0.5) is 0 Å². The molecule has 9 aromatic carbocycles. The van der Waals surface area contributed by atoms with E-state index in [1.807, 2.05) is 0 Å². The van der Waals surface area contributed by atoms with Crippen molar-refractivity contribution < 1.29 is 42.8 Å². The summed E-state index contributed by atoms with van der Waals surface area (Å²) in [5.41, 5.74) is -6.16. The SMILES string of the molecule is [2H]c1c([2H])c([2H])c(-c2c3c([2H])c([2H])c([2H])c([2H])c3c(-c3c([2H])c([2H])c([2H])c4c([2H])c([2H])c([2H])c([2H])c34)c3c([2H])c([2H])c([2H])c([2H])c23)c(-c2c([2H])c([2H])c3oc4c([2H])c([2H])c5c([2H])c([2H])c([2H])c([2H])c5c4c3c2[2H])c1[2H]. The first-order valence-corrected chi connectivity index (χ1v) is 13.9. The Labute approximate surface area is 311 Å². The molecule has 0 saturated heterocycles. The molecule has 0 saturated carbocycles. The average Bonchev–Trinajstić information content (AvgIpc) is 3.85. The third-order valence-electron chi connectivity index (χ3n) is 7.82. The standard InChI is InChI=1S/C46H28O/c1-3-15-32-29(12-1)14-11-23-36(32)45-39-21-9-7-19-37(39)44(38-20-8-10-22-40(38)45)35-18-6-5-16-33(35)31-25-26-42-41(28-31)46-34-17-4-2-13-30(34)24-27-43(46)47-42/h1-28H/i1D,2D,3D,4D,5D,6D,7D,8D,9D,10D,11D,12D,13D,14D,15D,16D,17D,18D,19D,20D,21D,22D,23D,24D,25D,26D,27D,28D. The highest BCUT2D eigenvalue weighted by Crippen LogP contribution is 2.47. The summed E-state index contributed by atoms with van der Waals surface area (Å²) in [5, 5.41) is -6.42. The largest absolute Gasteiger partial charge is 0.456 e. The van der Waals surface area contributed by atoms with E-state index in [-0.39, 0.29) is 0 Å². The first kappa shape index (κ1) is 10.7. The maximum absolute atomic E-state index is 9.86. The van der Waals surface area contributed by atoms with E-state index in [1.165, 1.54) is 0 Å². The van der Waals surface area contributed by atoms with Crippen LogP contribution in [0.25, 0.3) is 98.4 Å². The van der Waals surface area contributed by atoms with Gasteiger partial charge >= 0.3 is 0 Å². The molecule has 47 heavy (non-hydrogen) atoms. The van der Waals surface area contributed by atoms with Gasteiger partial charge in [-0.05, 0) is 94.6 Å². The average molecular weight is 625 g/mol. The molecule has 1 nitrogen and oxygen atoms in total. The summed E-state index contributed by atoms with van der Waals surface area (Å²) in [5.74, 6) is 0. The Morgan fingerprint density at radius 3 is 1.53 bits per heavy atom. The highest BCUT2D eigenvalue weighted by atomic mass is 16.3. The van der Waals surface area contributed by atoms with Crippen LogP contribution in [-0.4, -0.2) is 0 Å². The Balaban J connectivity index is 1.55. The minimum absolute atomic E-state index is 0.428. The van der Waals surface area contributed by atoms with E-state index in [4.69, 9.17) is 29.1 Å². The molecule has 10 aromatic rings. The van der Waals surface area contributed by atoms with Crippen molar-refractivity contribution in [3.8, 4) is 33.4 Å². The molecule has 1 aromatic heterocycles.